The predicted molar refractivity (Wildman–Crippen MR) is 138 cm³/mol. The first-order chi connectivity index (χ1) is 15.8. The first kappa shape index (κ1) is 25.0. The maximum Gasteiger partial charge on any atom is 0.251 e. The molecule has 4 heterocycles. The summed E-state index contributed by atoms with van der Waals surface area (Å²) in [5, 5.41) is 0. The highest BCUT2D eigenvalue weighted by Gasteiger charge is 2.26. The van der Waals surface area contributed by atoms with Gasteiger partial charge < -0.3 is 14.2 Å². The highest BCUT2D eigenvalue weighted by Crippen LogP contribution is 2.30. The number of hydrogen-bond donors (Lipinski definition) is 0. The second kappa shape index (κ2) is 11.0. The lowest BCUT2D eigenvalue weighted by molar-refractivity contribution is -0.124. The lowest BCUT2D eigenvalue weighted by Gasteiger charge is -2.37. The van der Waals surface area contributed by atoms with E-state index in [0.29, 0.717) is 12.0 Å². The van der Waals surface area contributed by atoms with Crippen LogP contribution < -0.4 is 0 Å². The lowest BCUT2D eigenvalue weighted by Crippen LogP contribution is -2.40. The fraction of sp³-hybridized carbons (Fsp3) is 0.500. The first-order valence-electron chi connectivity index (χ1n) is 12.4. The topological polar surface area (TPSA) is 40.9 Å². The number of aryl methyl sites for hydroxylation is 1. The molecule has 0 radical (unpaired) electrons. The van der Waals surface area contributed by atoms with Crippen LogP contribution in [0.1, 0.15) is 65.6 Å². The molecule has 33 heavy (non-hydrogen) atoms. The van der Waals surface area contributed by atoms with Gasteiger partial charge in [-0.1, -0.05) is 26.0 Å². The summed E-state index contributed by atoms with van der Waals surface area (Å²) >= 11 is 0. The maximum atomic E-state index is 13.2. The van der Waals surface area contributed by atoms with Crippen LogP contribution in [-0.2, 0) is 4.79 Å². The Labute approximate surface area is 199 Å². The Morgan fingerprint density at radius 2 is 1.85 bits per heavy atom. The number of likely N-dealkylation sites (tertiary alicyclic amines) is 1. The van der Waals surface area contributed by atoms with Crippen LogP contribution in [0.4, 0.5) is 0 Å². The monoisotopic (exact) mass is 448 g/mol. The second-order valence-corrected chi connectivity index (χ2v) is 9.27. The van der Waals surface area contributed by atoms with Gasteiger partial charge in [-0.2, -0.15) is 0 Å². The highest BCUT2D eigenvalue weighted by atomic mass is 16.2. The molecule has 178 valence electrons. The Hall–Kier alpha value is -2.66. The van der Waals surface area contributed by atoms with Crippen molar-refractivity contribution in [1.29, 1.82) is 0 Å². The van der Waals surface area contributed by atoms with Gasteiger partial charge in [0.05, 0.1) is 11.7 Å². The van der Waals surface area contributed by atoms with E-state index in [-0.39, 0.29) is 11.9 Å². The first-order valence-corrected chi connectivity index (χ1v) is 12.4. The number of fused-ring (bicyclic) bond motifs is 1. The van der Waals surface area contributed by atoms with Gasteiger partial charge in [0, 0.05) is 30.7 Å². The maximum absolute atomic E-state index is 13.2. The van der Waals surface area contributed by atoms with Gasteiger partial charge in [0.15, 0.2) is 0 Å². The summed E-state index contributed by atoms with van der Waals surface area (Å²) in [6, 6.07) is 4.70. The van der Waals surface area contributed by atoms with Gasteiger partial charge in [-0.25, -0.2) is 4.98 Å². The fourth-order valence-corrected chi connectivity index (χ4v) is 4.61. The molecule has 0 aromatic carbocycles. The van der Waals surface area contributed by atoms with Crippen molar-refractivity contribution in [1.82, 2.24) is 19.2 Å². The molecule has 2 aliphatic rings. The van der Waals surface area contributed by atoms with Crippen molar-refractivity contribution in [3.63, 3.8) is 0 Å². The number of hydrogen-bond acceptors (Lipinski definition) is 3. The minimum Gasteiger partial charge on any atom is -0.309 e. The summed E-state index contributed by atoms with van der Waals surface area (Å²) in [6.07, 6.45) is 14.6. The minimum atomic E-state index is 0.0355. The number of aromatic nitrogens is 2. The smallest absolute Gasteiger partial charge is 0.251 e. The van der Waals surface area contributed by atoms with E-state index in [0.717, 1.165) is 48.4 Å². The predicted octanol–water partition coefficient (Wildman–Crippen LogP) is 5.86. The molecule has 1 atom stereocenters. The number of rotatable bonds is 4. The summed E-state index contributed by atoms with van der Waals surface area (Å²) in [6.45, 7) is 16.9. The normalized spacial score (nSPS) is 20.1. The molecule has 0 spiro atoms. The van der Waals surface area contributed by atoms with Crippen LogP contribution in [0, 0.1) is 12.8 Å². The number of carbonyl (C=O) groups is 1. The highest BCUT2D eigenvalue weighted by molar-refractivity contribution is 5.96. The van der Waals surface area contributed by atoms with E-state index in [2.05, 4.69) is 49.0 Å². The standard InChI is InChI=1S/C26H34N4O.C2H6/c1-18(2)28-12-10-22(11-13-28)24-7-6-21(5)30(17-24)26(31)14-19(3)23-8-9-25-27-20(4)15-29(25)16-23;1-2/h6-9,14-18,21-22H,10-13H2,1-5H3;1-2H3/b19-14+;. The third-order valence-electron chi connectivity index (χ3n) is 6.65. The average molecular weight is 449 g/mol. The molecular formula is C28H40N4O. The number of pyridine rings is 1. The van der Waals surface area contributed by atoms with E-state index in [1.54, 1.807) is 6.08 Å². The van der Waals surface area contributed by atoms with Crippen LogP contribution >= 0.6 is 0 Å². The minimum absolute atomic E-state index is 0.0355. The Morgan fingerprint density at radius 1 is 1.15 bits per heavy atom. The summed E-state index contributed by atoms with van der Waals surface area (Å²) in [5.41, 5.74) is 5.19. The van der Waals surface area contributed by atoms with E-state index in [1.807, 2.05) is 61.5 Å². The van der Waals surface area contributed by atoms with Crippen LogP contribution in [0.15, 0.2) is 54.5 Å². The zero-order valence-corrected chi connectivity index (χ0v) is 21.4. The zero-order valence-electron chi connectivity index (χ0n) is 21.4. The summed E-state index contributed by atoms with van der Waals surface area (Å²) in [4.78, 5) is 22.1. The van der Waals surface area contributed by atoms with Crippen molar-refractivity contribution < 1.29 is 4.79 Å². The van der Waals surface area contributed by atoms with Crippen LogP contribution in [-0.4, -0.2) is 50.3 Å². The zero-order chi connectivity index (χ0) is 24.1. The van der Waals surface area contributed by atoms with Crippen LogP contribution in [0.2, 0.25) is 0 Å². The van der Waals surface area contributed by atoms with E-state index in [1.165, 1.54) is 5.57 Å². The molecule has 0 aliphatic carbocycles. The Kier molecular flexibility index (Phi) is 8.30. The van der Waals surface area contributed by atoms with Crippen LogP contribution in [0.3, 0.4) is 0 Å². The molecule has 0 saturated carbocycles. The quantitative estimate of drug-likeness (QED) is 0.550. The van der Waals surface area contributed by atoms with E-state index in [4.69, 9.17) is 0 Å². The molecule has 0 N–H and O–H groups in total. The number of amides is 1. The third kappa shape index (κ3) is 5.83. The largest absolute Gasteiger partial charge is 0.309 e. The summed E-state index contributed by atoms with van der Waals surface area (Å²) in [5.74, 6) is 0.569. The molecule has 1 amide bonds. The van der Waals surface area contributed by atoms with Crippen LogP contribution in [0.5, 0.6) is 0 Å². The van der Waals surface area contributed by atoms with E-state index in [9.17, 15) is 4.79 Å². The number of allylic oxidation sites excluding steroid dienone is 3. The molecule has 2 aliphatic heterocycles. The number of piperidine rings is 1. The van der Waals surface area contributed by atoms with Crippen molar-refractivity contribution in [2.75, 3.05) is 13.1 Å². The number of carbonyl (C=O) groups excluding carboxylic acids is 1. The van der Waals surface area contributed by atoms with Crippen molar-refractivity contribution in [2.45, 2.75) is 73.4 Å². The fourth-order valence-electron chi connectivity index (χ4n) is 4.61. The van der Waals surface area contributed by atoms with E-state index >= 15 is 0 Å². The van der Waals surface area contributed by atoms with Gasteiger partial charge in [0.1, 0.15) is 5.65 Å². The molecule has 2 aromatic rings. The summed E-state index contributed by atoms with van der Waals surface area (Å²) < 4.78 is 2.01. The molecule has 4 rings (SSSR count). The molecule has 1 unspecified atom stereocenters. The Morgan fingerprint density at radius 3 is 2.52 bits per heavy atom. The molecule has 1 fully saturated rings. The van der Waals surface area contributed by atoms with Gasteiger partial charge in [0.2, 0.25) is 0 Å². The molecule has 2 aromatic heterocycles. The Balaban J connectivity index is 0.00000149. The Bertz CT molecular complexity index is 1050. The van der Waals surface area contributed by atoms with E-state index < -0.39 is 0 Å². The number of nitrogens with zero attached hydrogens (tertiary/aromatic N) is 4. The molecular weight excluding hydrogens is 408 g/mol. The summed E-state index contributed by atoms with van der Waals surface area (Å²) in [7, 11) is 0. The third-order valence-corrected chi connectivity index (χ3v) is 6.65. The van der Waals surface area contributed by atoms with Crippen molar-refractivity contribution in [3.05, 3.63) is 65.8 Å². The van der Waals surface area contributed by atoms with Crippen molar-refractivity contribution in [2.24, 2.45) is 5.92 Å². The second-order valence-electron chi connectivity index (χ2n) is 9.27. The molecule has 1 saturated heterocycles. The molecule has 5 nitrogen and oxygen atoms in total. The van der Waals surface area contributed by atoms with Crippen molar-refractivity contribution in [3.8, 4) is 0 Å². The van der Waals surface area contributed by atoms with Gasteiger partial charge in [-0.3, -0.25) is 4.79 Å². The van der Waals surface area contributed by atoms with Crippen molar-refractivity contribution >= 4 is 17.1 Å². The van der Waals surface area contributed by atoms with Gasteiger partial charge in [0.25, 0.3) is 5.91 Å². The molecule has 5 heteroatoms. The van der Waals surface area contributed by atoms with Gasteiger partial charge >= 0.3 is 0 Å². The SMILES string of the molecule is C/C(=C\C(=O)N1C=C(C2CCN(C(C)C)CC2)C=CC1C)c1ccc2nc(C)cn2c1.CC. The average Bonchev–Trinajstić information content (AvgIpc) is 3.19. The van der Waals surface area contributed by atoms with Gasteiger partial charge in [-0.05, 0) is 95.3 Å². The number of imidazole rings is 1. The lowest BCUT2D eigenvalue weighted by atomic mass is 9.87. The van der Waals surface area contributed by atoms with Crippen LogP contribution in [0.25, 0.3) is 11.2 Å². The van der Waals surface area contributed by atoms with Gasteiger partial charge in [-0.15, -0.1) is 0 Å². The molecule has 0 bridgehead atoms.